The number of carbonyl (C=O) groups excluding carboxylic acids is 2. The molecule has 0 aliphatic heterocycles. The predicted molar refractivity (Wildman–Crippen MR) is 48.3 cm³/mol. The lowest BCUT2D eigenvalue weighted by Gasteiger charge is -1.94. The molecule has 0 aromatic carbocycles. The van der Waals surface area contributed by atoms with Gasteiger partial charge in [0, 0.05) is 24.3 Å². The average molecular weight is 215 g/mol. The van der Waals surface area contributed by atoms with Gasteiger partial charge in [-0.2, -0.15) is 11.8 Å². The number of hydrogen-bond donors (Lipinski definition) is 0. The van der Waals surface area contributed by atoms with E-state index in [4.69, 9.17) is 23.2 Å². The lowest BCUT2D eigenvalue weighted by atomic mass is 10.5. The van der Waals surface area contributed by atoms with Gasteiger partial charge in [0.15, 0.2) is 0 Å². The van der Waals surface area contributed by atoms with Crippen LogP contribution in [0.4, 0.5) is 0 Å². The Bertz CT molecular complexity index is 134. The molecular formula is C6H8Cl2O2S. The average Bonchev–Trinajstić information content (AvgIpc) is 1.85. The molecule has 0 atom stereocenters. The van der Waals surface area contributed by atoms with E-state index in [9.17, 15) is 9.59 Å². The van der Waals surface area contributed by atoms with E-state index >= 15 is 0 Å². The molecule has 0 aromatic rings. The SMILES string of the molecule is O=C(Cl)CCSCCC(=O)Cl. The summed E-state index contributed by atoms with van der Waals surface area (Å²) < 4.78 is 0. The van der Waals surface area contributed by atoms with Gasteiger partial charge in [-0.25, -0.2) is 0 Å². The zero-order valence-corrected chi connectivity index (χ0v) is 8.14. The molecule has 0 aromatic heterocycles. The Kier molecular flexibility index (Phi) is 7.12. The molecule has 2 nitrogen and oxygen atoms in total. The van der Waals surface area contributed by atoms with Crippen molar-refractivity contribution in [3.05, 3.63) is 0 Å². The molecule has 0 heterocycles. The molecule has 0 bridgehead atoms. The molecule has 0 aliphatic rings. The van der Waals surface area contributed by atoms with Crippen LogP contribution in [0.25, 0.3) is 0 Å². The van der Waals surface area contributed by atoms with E-state index in [1.54, 1.807) is 0 Å². The Labute approximate surface area is 79.6 Å². The van der Waals surface area contributed by atoms with Crippen molar-refractivity contribution in [2.45, 2.75) is 12.8 Å². The van der Waals surface area contributed by atoms with E-state index in [0.717, 1.165) is 0 Å². The van der Waals surface area contributed by atoms with Crippen molar-refractivity contribution < 1.29 is 9.59 Å². The third-order valence-corrected chi connectivity index (χ3v) is 2.25. The Morgan fingerprint density at radius 2 is 1.36 bits per heavy atom. The smallest absolute Gasteiger partial charge is 0.222 e. The van der Waals surface area contributed by atoms with Gasteiger partial charge in [-0.1, -0.05) is 0 Å². The highest BCUT2D eigenvalue weighted by atomic mass is 35.5. The quantitative estimate of drug-likeness (QED) is 0.502. The predicted octanol–water partition coefficient (Wildman–Crippen LogP) is 2.03. The van der Waals surface area contributed by atoms with Gasteiger partial charge >= 0.3 is 0 Å². The Morgan fingerprint density at radius 1 is 1.00 bits per heavy atom. The molecule has 11 heavy (non-hydrogen) atoms. The van der Waals surface area contributed by atoms with Crippen LogP contribution in [-0.4, -0.2) is 22.0 Å². The molecule has 0 spiro atoms. The summed E-state index contributed by atoms with van der Waals surface area (Å²) in [5.74, 6) is 1.32. The molecule has 0 N–H and O–H groups in total. The molecule has 0 radical (unpaired) electrons. The van der Waals surface area contributed by atoms with Crippen LogP contribution in [-0.2, 0) is 9.59 Å². The van der Waals surface area contributed by atoms with E-state index in [2.05, 4.69) is 0 Å². The van der Waals surface area contributed by atoms with Crippen LogP contribution in [0.1, 0.15) is 12.8 Å². The number of rotatable bonds is 6. The van der Waals surface area contributed by atoms with Crippen molar-refractivity contribution in [3.8, 4) is 0 Å². The fourth-order valence-electron chi connectivity index (χ4n) is 0.407. The minimum absolute atomic E-state index is 0.338. The number of thioether (sulfide) groups is 1. The third-order valence-electron chi connectivity index (χ3n) is 0.886. The first-order chi connectivity index (χ1) is 5.13. The first-order valence-electron chi connectivity index (χ1n) is 3.07. The third kappa shape index (κ3) is 10.3. The Morgan fingerprint density at radius 3 is 1.64 bits per heavy atom. The zero-order valence-electron chi connectivity index (χ0n) is 5.81. The van der Waals surface area contributed by atoms with Crippen LogP contribution in [0.3, 0.4) is 0 Å². The summed E-state index contributed by atoms with van der Waals surface area (Å²) >= 11 is 11.6. The Hall–Kier alpha value is 0.270. The molecule has 5 heteroatoms. The molecule has 0 unspecified atom stereocenters. The van der Waals surface area contributed by atoms with Gasteiger partial charge < -0.3 is 0 Å². The highest BCUT2D eigenvalue weighted by molar-refractivity contribution is 7.99. The first-order valence-corrected chi connectivity index (χ1v) is 4.98. The van der Waals surface area contributed by atoms with Crippen LogP contribution in [0, 0.1) is 0 Å². The van der Waals surface area contributed by atoms with Crippen molar-refractivity contribution in [2.75, 3.05) is 11.5 Å². The van der Waals surface area contributed by atoms with E-state index < -0.39 is 0 Å². The highest BCUT2D eigenvalue weighted by Gasteiger charge is 1.98. The molecule has 0 fully saturated rings. The first kappa shape index (κ1) is 11.3. The summed E-state index contributed by atoms with van der Waals surface area (Å²) in [5, 5.41) is -0.676. The van der Waals surface area contributed by atoms with Crippen LogP contribution in [0.2, 0.25) is 0 Å². The van der Waals surface area contributed by atoms with Gasteiger partial charge in [-0.05, 0) is 23.2 Å². The second kappa shape index (κ2) is 6.95. The highest BCUT2D eigenvalue weighted by Crippen LogP contribution is 2.06. The molecule has 64 valence electrons. The van der Waals surface area contributed by atoms with E-state index in [-0.39, 0.29) is 10.5 Å². The van der Waals surface area contributed by atoms with Gasteiger partial charge in [-0.3, -0.25) is 9.59 Å². The molecule has 0 rings (SSSR count). The van der Waals surface area contributed by atoms with Crippen LogP contribution in [0.15, 0.2) is 0 Å². The summed E-state index contributed by atoms with van der Waals surface area (Å²) in [6, 6.07) is 0. The fourth-order valence-corrected chi connectivity index (χ4v) is 1.68. The molecular weight excluding hydrogens is 207 g/mol. The molecule has 0 aliphatic carbocycles. The maximum Gasteiger partial charge on any atom is 0.222 e. The van der Waals surface area contributed by atoms with Gasteiger partial charge in [0.05, 0.1) is 0 Å². The topological polar surface area (TPSA) is 34.1 Å². The van der Waals surface area contributed by atoms with E-state index in [0.29, 0.717) is 24.3 Å². The Balaban J connectivity index is 3.03. The van der Waals surface area contributed by atoms with Crippen LogP contribution >= 0.6 is 35.0 Å². The number of halogens is 2. The maximum absolute atomic E-state index is 10.2. The summed E-state index contributed by atoms with van der Waals surface area (Å²) in [5.41, 5.74) is 0. The van der Waals surface area contributed by atoms with E-state index in [1.165, 1.54) is 11.8 Å². The van der Waals surface area contributed by atoms with Crippen molar-refractivity contribution in [3.63, 3.8) is 0 Å². The maximum atomic E-state index is 10.2. The minimum atomic E-state index is -0.338. The summed E-state index contributed by atoms with van der Waals surface area (Å²) in [6.45, 7) is 0. The summed E-state index contributed by atoms with van der Waals surface area (Å²) in [4.78, 5) is 20.4. The van der Waals surface area contributed by atoms with Crippen LogP contribution in [0.5, 0.6) is 0 Å². The number of carbonyl (C=O) groups is 2. The second-order valence-electron chi connectivity index (χ2n) is 1.82. The van der Waals surface area contributed by atoms with Gasteiger partial charge in [0.25, 0.3) is 0 Å². The van der Waals surface area contributed by atoms with Crippen molar-refractivity contribution >= 4 is 45.4 Å². The van der Waals surface area contributed by atoms with Crippen LogP contribution < -0.4 is 0 Å². The zero-order chi connectivity index (χ0) is 8.69. The molecule has 0 saturated carbocycles. The molecule has 0 saturated heterocycles. The normalized spacial score (nSPS) is 9.64. The molecule has 0 amide bonds. The van der Waals surface area contributed by atoms with Gasteiger partial charge in [-0.15, -0.1) is 0 Å². The minimum Gasteiger partial charge on any atom is -0.281 e. The number of hydrogen-bond acceptors (Lipinski definition) is 3. The largest absolute Gasteiger partial charge is 0.281 e. The summed E-state index contributed by atoms with van der Waals surface area (Å²) in [6.07, 6.45) is 0.700. The fraction of sp³-hybridized carbons (Fsp3) is 0.667. The second-order valence-corrected chi connectivity index (χ2v) is 3.89. The van der Waals surface area contributed by atoms with Crippen molar-refractivity contribution in [1.29, 1.82) is 0 Å². The van der Waals surface area contributed by atoms with Crippen molar-refractivity contribution in [1.82, 2.24) is 0 Å². The monoisotopic (exact) mass is 214 g/mol. The summed E-state index contributed by atoms with van der Waals surface area (Å²) in [7, 11) is 0. The van der Waals surface area contributed by atoms with Crippen molar-refractivity contribution in [2.24, 2.45) is 0 Å². The lowest BCUT2D eigenvalue weighted by Crippen LogP contribution is -1.93. The van der Waals surface area contributed by atoms with Gasteiger partial charge in [0.2, 0.25) is 10.5 Å². The standard InChI is InChI=1S/C6H8Cl2O2S/c7-5(9)1-3-11-4-2-6(8)10/h1-4H2. The van der Waals surface area contributed by atoms with E-state index in [1.807, 2.05) is 0 Å². The lowest BCUT2D eigenvalue weighted by molar-refractivity contribution is -0.112. The van der Waals surface area contributed by atoms with Gasteiger partial charge in [0.1, 0.15) is 0 Å².